The molecule has 4 heteroatoms. The van der Waals surface area contributed by atoms with E-state index in [0.717, 1.165) is 18.8 Å². The highest BCUT2D eigenvalue weighted by molar-refractivity contribution is 5.11. The third-order valence-electron chi connectivity index (χ3n) is 3.66. The van der Waals surface area contributed by atoms with Crippen LogP contribution in [0.4, 0.5) is 0 Å². The predicted octanol–water partition coefficient (Wildman–Crippen LogP) is 2.01. The summed E-state index contributed by atoms with van der Waals surface area (Å²) in [6, 6.07) is 0. The van der Waals surface area contributed by atoms with Crippen molar-refractivity contribution >= 4 is 0 Å². The fourth-order valence-corrected chi connectivity index (χ4v) is 2.74. The Kier molecular flexibility index (Phi) is 3.28. The quantitative estimate of drug-likeness (QED) is 0.849. The SMILES string of the molecule is CCCn1c(CO)nnc1C1(C)CCCC1. The molecule has 0 aliphatic heterocycles. The van der Waals surface area contributed by atoms with Gasteiger partial charge in [0.2, 0.25) is 0 Å². The van der Waals surface area contributed by atoms with Gasteiger partial charge in [-0.3, -0.25) is 0 Å². The van der Waals surface area contributed by atoms with E-state index in [1.165, 1.54) is 25.7 Å². The molecule has 0 aromatic carbocycles. The maximum absolute atomic E-state index is 9.26. The number of hydrogen-bond acceptors (Lipinski definition) is 3. The van der Waals surface area contributed by atoms with Crippen LogP contribution in [-0.2, 0) is 18.6 Å². The monoisotopic (exact) mass is 223 g/mol. The van der Waals surface area contributed by atoms with Crippen LogP contribution in [0.3, 0.4) is 0 Å². The molecular formula is C12H21N3O. The summed E-state index contributed by atoms with van der Waals surface area (Å²) in [6.07, 6.45) is 6.00. The Hall–Kier alpha value is -0.900. The zero-order valence-corrected chi connectivity index (χ0v) is 10.2. The maximum Gasteiger partial charge on any atom is 0.158 e. The Morgan fingerprint density at radius 3 is 2.56 bits per heavy atom. The molecule has 0 amide bonds. The molecule has 0 bridgehead atoms. The molecule has 16 heavy (non-hydrogen) atoms. The van der Waals surface area contributed by atoms with Crippen LogP contribution in [-0.4, -0.2) is 19.9 Å². The summed E-state index contributed by atoms with van der Waals surface area (Å²) in [4.78, 5) is 0. The summed E-state index contributed by atoms with van der Waals surface area (Å²) < 4.78 is 2.12. The van der Waals surface area contributed by atoms with Crippen LogP contribution < -0.4 is 0 Å². The van der Waals surface area contributed by atoms with E-state index in [0.29, 0.717) is 5.82 Å². The molecule has 0 unspecified atom stereocenters. The first-order valence-corrected chi connectivity index (χ1v) is 6.24. The number of nitrogens with zero attached hydrogens (tertiary/aromatic N) is 3. The number of aliphatic hydroxyl groups is 1. The first-order chi connectivity index (χ1) is 7.71. The van der Waals surface area contributed by atoms with Crippen LogP contribution in [0.25, 0.3) is 0 Å². The van der Waals surface area contributed by atoms with E-state index >= 15 is 0 Å². The van der Waals surface area contributed by atoms with Gasteiger partial charge in [0.05, 0.1) is 0 Å². The Balaban J connectivity index is 2.35. The van der Waals surface area contributed by atoms with E-state index in [9.17, 15) is 5.11 Å². The molecule has 90 valence electrons. The third-order valence-corrected chi connectivity index (χ3v) is 3.66. The van der Waals surface area contributed by atoms with Crippen LogP contribution in [0, 0.1) is 0 Å². The highest BCUT2D eigenvalue weighted by atomic mass is 16.3. The Morgan fingerprint density at radius 2 is 2.00 bits per heavy atom. The predicted molar refractivity (Wildman–Crippen MR) is 62.1 cm³/mol. The van der Waals surface area contributed by atoms with Gasteiger partial charge in [0.15, 0.2) is 5.82 Å². The van der Waals surface area contributed by atoms with Gasteiger partial charge < -0.3 is 9.67 Å². The molecule has 2 rings (SSSR count). The van der Waals surface area contributed by atoms with Crippen molar-refractivity contribution in [3.05, 3.63) is 11.6 Å². The van der Waals surface area contributed by atoms with Crippen molar-refractivity contribution < 1.29 is 5.11 Å². The highest BCUT2D eigenvalue weighted by Crippen LogP contribution is 2.39. The van der Waals surface area contributed by atoms with Crippen LogP contribution in [0.15, 0.2) is 0 Å². The normalized spacial score (nSPS) is 19.2. The minimum atomic E-state index is -0.0108. The molecule has 1 N–H and O–H groups in total. The first kappa shape index (κ1) is 11.6. The molecule has 1 fully saturated rings. The molecule has 0 atom stereocenters. The number of aromatic nitrogens is 3. The second kappa shape index (κ2) is 4.53. The fraction of sp³-hybridized carbons (Fsp3) is 0.833. The third kappa shape index (κ3) is 1.86. The second-order valence-corrected chi connectivity index (χ2v) is 5.02. The zero-order valence-electron chi connectivity index (χ0n) is 10.2. The highest BCUT2D eigenvalue weighted by Gasteiger charge is 2.35. The van der Waals surface area contributed by atoms with E-state index in [1.54, 1.807) is 0 Å². The number of aliphatic hydroxyl groups excluding tert-OH is 1. The molecule has 0 radical (unpaired) electrons. The fourth-order valence-electron chi connectivity index (χ4n) is 2.74. The van der Waals surface area contributed by atoms with Crippen LogP contribution >= 0.6 is 0 Å². The van der Waals surface area contributed by atoms with Gasteiger partial charge in [0, 0.05) is 12.0 Å². The summed E-state index contributed by atoms with van der Waals surface area (Å²) in [5, 5.41) is 17.7. The first-order valence-electron chi connectivity index (χ1n) is 6.24. The van der Waals surface area contributed by atoms with Gasteiger partial charge in [-0.2, -0.15) is 0 Å². The van der Waals surface area contributed by atoms with Crippen molar-refractivity contribution in [2.45, 2.75) is 64.5 Å². The average Bonchev–Trinajstić information content (AvgIpc) is 2.86. The molecule has 1 aromatic rings. The Morgan fingerprint density at radius 1 is 1.31 bits per heavy atom. The summed E-state index contributed by atoms with van der Waals surface area (Å²) in [7, 11) is 0. The molecule has 1 aliphatic rings. The van der Waals surface area contributed by atoms with E-state index in [-0.39, 0.29) is 12.0 Å². The van der Waals surface area contributed by atoms with Crippen molar-refractivity contribution in [3.63, 3.8) is 0 Å². The standard InChI is InChI=1S/C12H21N3O/c1-3-8-15-10(9-16)13-14-11(15)12(2)6-4-5-7-12/h16H,3-9H2,1-2H3. The van der Waals surface area contributed by atoms with Gasteiger partial charge in [-0.25, -0.2) is 0 Å². The summed E-state index contributed by atoms with van der Waals surface area (Å²) in [5.74, 6) is 1.79. The van der Waals surface area contributed by atoms with Crippen molar-refractivity contribution in [3.8, 4) is 0 Å². The average molecular weight is 223 g/mol. The van der Waals surface area contributed by atoms with Crippen molar-refractivity contribution in [2.75, 3.05) is 0 Å². The molecule has 0 spiro atoms. The minimum absolute atomic E-state index is 0.0108. The van der Waals surface area contributed by atoms with Crippen LogP contribution in [0.2, 0.25) is 0 Å². The number of rotatable bonds is 4. The van der Waals surface area contributed by atoms with Gasteiger partial charge in [0.1, 0.15) is 12.4 Å². The minimum Gasteiger partial charge on any atom is -0.388 e. The molecule has 1 saturated carbocycles. The lowest BCUT2D eigenvalue weighted by Crippen LogP contribution is -2.24. The lowest BCUT2D eigenvalue weighted by molar-refractivity contribution is 0.262. The number of hydrogen-bond donors (Lipinski definition) is 1. The maximum atomic E-state index is 9.26. The van der Waals surface area contributed by atoms with Gasteiger partial charge in [-0.05, 0) is 19.3 Å². The molecule has 1 aliphatic carbocycles. The largest absolute Gasteiger partial charge is 0.388 e. The summed E-state index contributed by atoms with van der Waals surface area (Å²) in [5.41, 5.74) is 0.176. The van der Waals surface area contributed by atoms with Crippen molar-refractivity contribution in [2.24, 2.45) is 0 Å². The second-order valence-electron chi connectivity index (χ2n) is 5.02. The van der Waals surface area contributed by atoms with Crippen molar-refractivity contribution in [1.29, 1.82) is 0 Å². The van der Waals surface area contributed by atoms with E-state index in [4.69, 9.17) is 0 Å². The zero-order chi connectivity index (χ0) is 11.6. The van der Waals surface area contributed by atoms with Gasteiger partial charge in [-0.1, -0.05) is 26.7 Å². The van der Waals surface area contributed by atoms with Gasteiger partial charge in [-0.15, -0.1) is 10.2 Å². The Labute approximate surface area is 96.7 Å². The topological polar surface area (TPSA) is 50.9 Å². The molecular weight excluding hydrogens is 202 g/mol. The van der Waals surface area contributed by atoms with E-state index in [1.807, 2.05) is 0 Å². The van der Waals surface area contributed by atoms with E-state index in [2.05, 4.69) is 28.6 Å². The lowest BCUT2D eigenvalue weighted by Gasteiger charge is -2.23. The smallest absolute Gasteiger partial charge is 0.158 e. The Bertz CT molecular complexity index is 353. The van der Waals surface area contributed by atoms with Gasteiger partial charge >= 0.3 is 0 Å². The molecule has 4 nitrogen and oxygen atoms in total. The summed E-state index contributed by atoms with van der Waals surface area (Å²) in [6.45, 7) is 5.32. The summed E-state index contributed by atoms with van der Waals surface area (Å²) >= 11 is 0. The molecule has 1 aromatic heterocycles. The van der Waals surface area contributed by atoms with E-state index < -0.39 is 0 Å². The molecule has 1 heterocycles. The van der Waals surface area contributed by atoms with Crippen LogP contribution in [0.5, 0.6) is 0 Å². The van der Waals surface area contributed by atoms with Gasteiger partial charge in [0.25, 0.3) is 0 Å². The van der Waals surface area contributed by atoms with Crippen LogP contribution in [0.1, 0.15) is 57.6 Å². The lowest BCUT2D eigenvalue weighted by atomic mass is 9.88. The molecule has 0 saturated heterocycles. The van der Waals surface area contributed by atoms with Crippen molar-refractivity contribution in [1.82, 2.24) is 14.8 Å².